The monoisotopic (exact) mass is 514 g/mol. The summed E-state index contributed by atoms with van der Waals surface area (Å²) in [5.74, 6) is 1.69. The summed E-state index contributed by atoms with van der Waals surface area (Å²) >= 11 is 2.93. The topological polar surface area (TPSA) is 94.8 Å². The molecule has 10 heteroatoms. The molecule has 0 saturated carbocycles. The Labute approximate surface area is 216 Å². The molecule has 0 unspecified atom stereocenters. The molecule has 1 N–H and O–H groups in total. The highest BCUT2D eigenvalue weighted by Crippen LogP contribution is 2.33. The zero-order valence-electron chi connectivity index (χ0n) is 19.6. The van der Waals surface area contributed by atoms with Gasteiger partial charge in [0, 0.05) is 29.0 Å². The number of carbonyl (C=O) groups is 1. The number of aryl methyl sites for hydroxylation is 1. The van der Waals surface area contributed by atoms with Crippen molar-refractivity contribution >= 4 is 34.7 Å². The molecule has 0 saturated heterocycles. The van der Waals surface area contributed by atoms with Crippen LogP contribution in [0, 0.1) is 6.92 Å². The van der Waals surface area contributed by atoms with E-state index in [1.807, 2.05) is 72.2 Å². The zero-order valence-corrected chi connectivity index (χ0v) is 21.2. The second kappa shape index (κ2) is 10.7. The van der Waals surface area contributed by atoms with E-state index in [9.17, 15) is 4.79 Å². The number of amides is 1. The smallest absolute Gasteiger partial charge is 0.275 e. The summed E-state index contributed by atoms with van der Waals surface area (Å²) < 4.78 is 7.58. The first kappa shape index (κ1) is 23.7. The molecule has 3 heterocycles. The van der Waals surface area contributed by atoms with Gasteiger partial charge in [0.05, 0.1) is 18.6 Å². The highest BCUT2D eigenvalue weighted by atomic mass is 32.2. The maximum Gasteiger partial charge on any atom is 0.275 e. The fraction of sp³-hybridized carbons (Fsp3) is 0.115. The van der Waals surface area contributed by atoms with Gasteiger partial charge in [-0.15, -0.1) is 21.5 Å². The van der Waals surface area contributed by atoms with Gasteiger partial charge >= 0.3 is 0 Å². The first-order chi connectivity index (χ1) is 17.6. The van der Waals surface area contributed by atoms with Crippen LogP contribution in [-0.2, 0) is 5.75 Å². The molecule has 36 heavy (non-hydrogen) atoms. The van der Waals surface area contributed by atoms with Crippen molar-refractivity contribution in [3.05, 3.63) is 94.7 Å². The van der Waals surface area contributed by atoms with Gasteiger partial charge in [-0.1, -0.05) is 41.6 Å². The number of thioether (sulfide) groups is 1. The molecule has 0 fully saturated rings. The van der Waals surface area contributed by atoms with Crippen molar-refractivity contribution in [3.8, 4) is 22.8 Å². The number of hydrogen-bond donors (Lipinski definition) is 1. The summed E-state index contributed by atoms with van der Waals surface area (Å²) in [6.07, 6.45) is 3.45. The van der Waals surface area contributed by atoms with Crippen molar-refractivity contribution in [1.29, 1.82) is 0 Å². The van der Waals surface area contributed by atoms with Crippen molar-refractivity contribution in [1.82, 2.24) is 24.7 Å². The minimum Gasteiger partial charge on any atom is -0.495 e. The van der Waals surface area contributed by atoms with Crippen molar-refractivity contribution in [2.75, 3.05) is 12.4 Å². The number of aromatic nitrogens is 5. The number of thiazole rings is 1. The molecule has 1 amide bonds. The van der Waals surface area contributed by atoms with Crippen LogP contribution < -0.4 is 10.1 Å². The summed E-state index contributed by atoms with van der Waals surface area (Å²) in [6, 6.07) is 19.2. The summed E-state index contributed by atoms with van der Waals surface area (Å²) in [5.41, 5.74) is 3.98. The Morgan fingerprint density at radius 1 is 1.06 bits per heavy atom. The van der Waals surface area contributed by atoms with E-state index in [-0.39, 0.29) is 5.91 Å². The fourth-order valence-corrected chi connectivity index (χ4v) is 5.26. The molecule has 5 aromatic rings. The number of benzene rings is 2. The molecule has 0 aliphatic rings. The van der Waals surface area contributed by atoms with Gasteiger partial charge in [0.15, 0.2) is 11.0 Å². The largest absolute Gasteiger partial charge is 0.495 e. The molecule has 0 bridgehead atoms. The number of rotatable bonds is 8. The third-order valence-corrected chi connectivity index (χ3v) is 7.29. The summed E-state index contributed by atoms with van der Waals surface area (Å²) in [6.45, 7) is 2.00. The molecule has 2 aromatic carbocycles. The zero-order chi connectivity index (χ0) is 24.9. The number of nitrogens with zero attached hydrogens (tertiary/aromatic N) is 5. The summed E-state index contributed by atoms with van der Waals surface area (Å²) in [7, 11) is 1.64. The van der Waals surface area contributed by atoms with Crippen molar-refractivity contribution in [2.24, 2.45) is 0 Å². The van der Waals surface area contributed by atoms with Crippen LogP contribution in [0.2, 0.25) is 0 Å². The van der Waals surface area contributed by atoms with Crippen LogP contribution in [0.4, 0.5) is 5.69 Å². The molecule has 0 aliphatic carbocycles. The van der Waals surface area contributed by atoms with Crippen LogP contribution >= 0.6 is 23.1 Å². The van der Waals surface area contributed by atoms with Gasteiger partial charge in [0.25, 0.3) is 5.91 Å². The minimum atomic E-state index is -0.233. The average Bonchev–Trinajstić information content (AvgIpc) is 3.56. The Kier molecular flexibility index (Phi) is 7.06. The van der Waals surface area contributed by atoms with Gasteiger partial charge in [0.2, 0.25) is 0 Å². The van der Waals surface area contributed by atoms with E-state index >= 15 is 0 Å². The molecule has 0 radical (unpaired) electrons. The van der Waals surface area contributed by atoms with Crippen molar-refractivity contribution in [2.45, 2.75) is 17.8 Å². The van der Waals surface area contributed by atoms with Gasteiger partial charge < -0.3 is 10.1 Å². The number of hydrogen-bond acceptors (Lipinski definition) is 8. The van der Waals surface area contributed by atoms with Crippen molar-refractivity contribution < 1.29 is 9.53 Å². The van der Waals surface area contributed by atoms with Gasteiger partial charge in [0.1, 0.15) is 16.5 Å². The molecule has 0 aliphatic heterocycles. The Hall–Kier alpha value is -4.02. The van der Waals surface area contributed by atoms with E-state index in [2.05, 4.69) is 25.5 Å². The third kappa shape index (κ3) is 5.14. The van der Waals surface area contributed by atoms with Gasteiger partial charge in [-0.25, -0.2) is 4.98 Å². The normalized spacial score (nSPS) is 10.8. The molecule has 0 spiro atoms. The number of carbonyl (C=O) groups excluding carboxylic acids is 1. The second-order valence-corrected chi connectivity index (χ2v) is 9.67. The first-order valence-corrected chi connectivity index (χ1v) is 12.9. The lowest BCUT2D eigenvalue weighted by Gasteiger charge is -2.13. The van der Waals surface area contributed by atoms with Crippen LogP contribution in [0.25, 0.3) is 17.1 Å². The number of anilines is 1. The molecular weight excluding hydrogens is 492 g/mol. The lowest BCUT2D eigenvalue weighted by Crippen LogP contribution is -2.12. The highest BCUT2D eigenvalue weighted by Gasteiger charge is 2.20. The third-order valence-electron chi connectivity index (χ3n) is 5.32. The molecular formula is C26H22N6O2S2. The number of ether oxygens (including phenoxy) is 1. The maximum absolute atomic E-state index is 12.6. The van der Waals surface area contributed by atoms with Crippen LogP contribution in [0.3, 0.4) is 0 Å². The molecule has 0 atom stereocenters. The Morgan fingerprint density at radius 3 is 2.61 bits per heavy atom. The maximum atomic E-state index is 12.6. The Morgan fingerprint density at radius 2 is 1.83 bits per heavy atom. The number of para-hydroxylation sites is 2. The predicted molar refractivity (Wildman–Crippen MR) is 142 cm³/mol. The van der Waals surface area contributed by atoms with E-state index < -0.39 is 0 Å². The van der Waals surface area contributed by atoms with E-state index in [4.69, 9.17) is 4.74 Å². The molecule has 180 valence electrons. The summed E-state index contributed by atoms with van der Waals surface area (Å²) in [4.78, 5) is 21.3. The standard InChI is InChI=1S/C26H22N6O2S2/c1-17-7-9-19(10-8-17)28-25(33)20-15-35-23(29-20)16-36-26-31-30-24(18-11-13-27-14-12-18)32(26)21-5-3-4-6-22(21)34-2/h3-15H,16H2,1-2H3,(H,28,33). The lowest BCUT2D eigenvalue weighted by molar-refractivity contribution is 0.102. The van der Waals surface area contributed by atoms with Gasteiger partial charge in [-0.2, -0.15) is 0 Å². The fourth-order valence-electron chi connectivity index (χ4n) is 3.52. The average molecular weight is 515 g/mol. The second-order valence-electron chi connectivity index (χ2n) is 7.78. The first-order valence-electron chi connectivity index (χ1n) is 11.1. The molecule has 5 rings (SSSR count). The lowest BCUT2D eigenvalue weighted by atomic mass is 10.2. The number of nitrogens with one attached hydrogen (secondary N) is 1. The predicted octanol–water partition coefficient (Wildman–Crippen LogP) is 5.65. The van der Waals surface area contributed by atoms with Crippen LogP contribution in [-0.4, -0.2) is 37.7 Å². The van der Waals surface area contributed by atoms with Gasteiger partial charge in [-0.05, 0) is 43.3 Å². The number of methoxy groups -OCH3 is 1. The van der Waals surface area contributed by atoms with Crippen molar-refractivity contribution in [3.63, 3.8) is 0 Å². The van der Waals surface area contributed by atoms with E-state index in [1.54, 1.807) is 24.9 Å². The van der Waals surface area contributed by atoms with Crippen LogP contribution in [0.5, 0.6) is 5.75 Å². The Bertz CT molecular complexity index is 1480. The quantitative estimate of drug-likeness (QED) is 0.268. The van der Waals surface area contributed by atoms with Gasteiger partial charge in [-0.3, -0.25) is 14.3 Å². The number of pyridine rings is 1. The van der Waals surface area contributed by atoms with E-state index in [1.165, 1.54) is 23.1 Å². The molecule has 3 aromatic heterocycles. The summed E-state index contributed by atoms with van der Waals surface area (Å²) in [5, 5.41) is 15.1. The van der Waals surface area contributed by atoms with E-state index in [0.29, 0.717) is 28.2 Å². The SMILES string of the molecule is COc1ccccc1-n1c(SCc2nc(C(=O)Nc3ccc(C)cc3)cs2)nnc1-c1ccncc1. The van der Waals surface area contributed by atoms with Crippen LogP contribution in [0.1, 0.15) is 21.1 Å². The van der Waals surface area contributed by atoms with E-state index in [0.717, 1.165) is 27.5 Å². The minimum absolute atomic E-state index is 0.233. The Balaban J connectivity index is 1.38. The van der Waals surface area contributed by atoms with Crippen LogP contribution in [0.15, 0.2) is 83.6 Å². The highest BCUT2D eigenvalue weighted by molar-refractivity contribution is 7.98. The molecule has 8 nitrogen and oxygen atoms in total.